The maximum absolute atomic E-state index is 12.6. The Morgan fingerprint density at radius 1 is 1.06 bits per heavy atom. The summed E-state index contributed by atoms with van der Waals surface area (Å²) in [5, 5.41) is 0.756. The van der Waals surface area contributed by atoms with E-state index in [0.29, 0.717) is 17.8 Å². The summed E-state index contributed by atoms with van der Waals surface area (Å²) < 4.78 is 43.8. The lowest BCUT2D eigenvalue weighted by atomic mass is 10.0. The third-order valence-electron chi connectivity index (χ3n) is 6.33. The first kappa shape index (κ1) is 22.8. The van der Waals surface area contributed by atoms with Crippen molar-refractivity contribution < 1.29 is 27.1 Å². The highest BCUT2D eigenvalue weighted by atomic mass is 32.2. The maximum atomic E-state index is 12.6. The molecular weight excluding hydrogens is 458 g/mol. The van der Waals surface area contributed by atoms with Crippen LogP contribution in [0.2, 0.25) is 0 Å². The van der Waals surface area contributed by atoms with Crippen molar-refractivity contribution in [2.45, 2.75) is 49.7 Å². The summed E-state index contributed by atoms with van der Waals surface area (Å²) in [7, 11) is -3.71. The van der Waals surface area contributed by atoms with E-state index in [1.54, 1.807) is 0 Å². The van der Waals surface area contributed by atoms with Gasteiger partial charge in [-0.25, -0.2) is 22.7 Å². The normalized spacial score (nSPS) is 17.7. The molecule has 2 heterocycles. The van der Waals surface area contributed by atoms with E-state index in [1.807, 2.05) is 12.1 Å². The monoisotopic (exact) mass is 483 g/mol. The molecule has 1 fully saturated rings. The molecule has 1 aliphatic heterocycles. The van der Waals surface area contributed by atoms with Crippen LogP contribution in [0.15, 0.2) is 56.6 Å². The summed E-state index contributed by atoms with van der Waals surface area (Å²) in [6.45, 7) is 0.770. The van der Waals surface area contributed by atoms with Gasteiger partial charge in [0.05, 0.1) is 16.6 Å². The maximum Gasteiger partial charge on any atom is 0.338 e. The first-order valence-electron chi connectivity index (χ1n) is 11.4. The Hall–Kier alpha value is -3.01. The molecule has 0 saturated carbocycles. The average Bonchev–Trinajstić information content (AvgIpc) is 3.51. The summed E-state index contributed by atoms with van der Waals surface area (Å²) >= 11 is 0. The van der Waals surface area contributed by atoms with Gasteiger partial charge in [0.25, 0.3) is 0 Å². The number of rotatable bonds is 7. The van der Waals surface area contributed by atoms with Crippen molar-refractivity contribution in [3.05, 3.63) is 75.1 Å². The highest BCUT2D eigenvalue weighted by molar-refractivity contribution is 7.89. The number of ether oxygens (including phenoxy) is 2. The van der Waals surface area contributed by atoms with Crippen molar-refractivity contribution in [3.8, 4) is 0 Å². The predicted molar refractivity (Wildman–Crippen MR) is 124 cm³/mol. The fourth-order valence-corrected chi connectivity index (χ4v) is 5.57. The standard InChI is InChI=1S/C25H25NO7S/c27-24-13-19(22-11-17-3-1-4-18(17)12-23(22)33-24)15-32-25(28)16-6-8-21(9-7-16)34(29,30)26-14-20-5-2-10-31-20/h6-9,11-13,20,26H,1-5,10,14-15H2/t20-/m1/s1. The van der Waals surface area contributed by atoms with Crippen LogP contribution in [0.1, 0.15) is 46.3 Å². The van der Waals surface area contributed by atoms with Gasteiger partial charge in [0, 0.05) is 30.2 Å². The quantitative estimate of drug-likeness (QED) is 0.406. The summed E-state index contributed by atoms with van der Waals surface area (Å²) in [6, 6.07) is 10.8. The summed E-state index contributed by atoms with van der Waals surface area (Å²) in [6.07, 6.45) is 4.64. The third-order valence-corrected chi connectivity index (χ3v) is 7.77. The number of hydrogen-bond donors (Lipinski definition) is 1. The lowest BCUT2D eigenvalue weighted by Crippen LogP contribution is -2.31. The van der Waals surface area contributed by atoms with Crippen molar-refractivity contribution >= 4 is 27.0 Å². The Balaban J connectivity index is 1.27. The fraction of sp³-hybridized carbons (Fsp3) is 0.360. The first-order chi connectivity index (χ1) is 16.4. The van der Waals surface area contributed by atoms with Gasteiger partial charge >= 0.3 is 11.6 Å². The van der Waals surface area contributed by atoms with Gasteiger partial charge in [0.2, 0.25) is 10.0 Å². The zero-order valence-electron chi connectivity index (χ0n) is 18.5. The molecular formula is C25H25NO7S. The third kappa shape index (κ3) is 4.77. The molecule has 178 valence electrons. The van der Waals surface area contributed by atoms with Crippen LogP contribution in [0.25, 0.3) is 11.0 Å². The van der Waals surface area contributed by atoms with Crippen molar-refractivity contribution in [2.75, 3.05) is 13.2 Å². The van der Waals surface area contributed by atoms with Gasteiger partial charge < -0.3 is 13.9 Å². The Bertz CT molecular complexity index is 1390. The number of aryl methyl sites for hydroxylation is 2. The minimum absolute atomic E-state index is 0.0579. The molecule has 2 aromatic carbocycles. The number of nitrogens with one attached hydrogen (secondary N) is 1. The van der Waals surface area contributed by atoms with E-state index in [2.05, 4.69) is 4.72 Å². The number of fused-ring (bicyclic) bond motifs is 2. The minimum Gasteiger partial charge on any atom is -0.457 e. The number of carbonyl (C=O) groups excluding carboxylic acids is 1. The van der Waals surface area contributed by atoms with Gasteiger partial charge in [-0.1, -0.05) is 0 Å². The second-order valence-electron chi connectivity index (χ2n) is 8.65. The van der Waals surface area contributed by atoms with Crippen LogP contribution in [-0.4, -0.2) is 33.6 Å². The van der Waals surface area contributed by atoms with Gasteiger partial charge in [-0.15, -0.1) is 0 Å². The van der Waals surface area contributed by atoms with Gasteiger partial charge in [0.15, 0.2) is 0 Å². The molecule has 0 spiro atoms. The molecule has 2 aliphatic rings. The number of benzene rings is 2. The zero-order chi connectivity index (χ0) is 23.7. The van der Waals surface area contributed by atoms with Crippen LogP contribution in [-0.2, 0) is 38.9 Å². The molecule has 0 amide bonds. The van der Waals surface area contributed by atoms with E-state index in [4.69, 9.17) is 13.9 Å². The minimum atomic E-state index is -3.71. The molecule has 1 aliphatic carbocycles. The molecule has 1 saturated heterocycles. The molecule has 1 aromatic heterocycles. The lowest BCUT2D eigenvalue weighted by Gasteiger charge is -2.12. The largest absolute Gasteiger partial charge is 0.457 e. The molecule has 3 aromatic rings. The predicted octanol–water partition coefficient (Wildman–Crippen LogP) is 3.10. The number of carbonyl (C=O) groups is 1. The van der Waals surface area contributed by atoms with Gasteiger partial charge in [-0.2, -0.15) is 0 Å². The van der Waals surface area contributed by atoms with Crippen molar-refractivity contribution in [1.82, 2.24) is 4.72 Å². The Morgan fingerprint density at radius 3 is 2.56 bits per heavy atom. The molecule has 1 N–H and O–H groups in total. The van der Waals surface area contributed by atoms with Crippen LogP contribution >= 0.6 is 0 Å². The second kappa shape index (κ2) is 9.32. The van der Waals surface area contributed by atoms with Gasteiger partial charge in [-0.05, 0) is 79.6 Å². The van der Waals surface area contributed by atoms with E-state index in [1.165, 1.54) is 41.5 Å². The van der Waals surface area contributed by atoms with Gasteiger partial charge in [-0.3, -0.25) is 0 Å². The molecule has 0 radical (unpaired) electrons. The highest BCUT2D eigenvalue weighted by Crippen LogP contribution is 2.29. The smallest absolute Gasteiger partial charge is 0.338 e. The molecule has 34 heavy (non-hydrogen) atoms. The summed E-state index contributed by atoms with van der Waals surface area (Å²) in [4.78, 5) is 24.6. The van der Waals surface area contributed by atoms with E-state index >= 15 is 0 Å². The molecule has 1 atom stereocenters. The van der Waals surface area contributed by atoms with Crippen LogP contribution in [0.4, 0.5) is 0 Å². The molecule has 9 heteroatoms. The van der Waals surface area contributed by atoms with Crippen LogP contribution in [0, 0.1) is 0 Å². The lowest BCUT2D eigenvalue weighted by molar-refractivity contribution is 0.0473. The van der Waals surface area contributed by atoms with Crippen molar-refractivity contribution in [3.63, 3.8) is 0 Å². The highest BCUT2D eigenvalue weighted by Gasteiger charge is 2.21. The van der Waals surface area contributed by atoms with Crippen LogP contribution < -0.4 is 10.3 Å². The Kier molecular flexibility index (Phi) is 6.24. The Morgan fingerprint density at radius 2 is 1.82 bits per heavy atom. The summed E-state index contributed by atoms with van der Waals surface area (Å²) in [5.41, 5.74) is 3.19. The summed E-state index contributed by atoms with van der Waals surface area (Å²) in [5.74, 6) is -0.612. The number of esters is 1. The van der Waals surface area contributed by atoms with E-state index in [0.717, 1.165) is 37.5 Å². The molecule has 0 unspecified atom stereocenters. The Labute approximate surface area is 196 Å². The zero-order valence-corrected chi connectivity index (χ0v) is 19.4. The molecule has 5 rings (SSSR count). The van der Waals surface area contributed by atoms with Crippen molar-refractivity contribution in [2.24, 2.45) is 0 Å². The topological polar surface area (TPSA) is 112 Å². The van der Waals surface area contributed by atoms with Crippen LogP contribution in [0.3, 0.4) is 0 Å². The molecule has 8 nitrogen and oxygen atoms in total. The SMILES string of the molecule is O=C(OCc1cc(=O)oc2cc3c(cc12)CCC3)c1ccc(S(=O)(=O)NC[C@H]2CCCO2)cc1. The first-order valence-corrected chi connectivity index (χ1v) is 12.8. The van der Waals surface area contributed by atoms with E-state index in [9.17, 15) is 18.0 Å². The van der Waals surface area contributed by atoms with E-state index in [-0.39, 0.29) is 29.7 Å². The van der Waals surface area contributed by atoms with Gasteiger partial charge in [0.1, 0.15) is 12.2 Å². The number of hydrogen-bond acceptors (Lipinski definition) is 7. The second-order valence-corrected chi connectivity index (χ2v) is 10.4. The van der Waals surface area contributed by atoms with Crippen LogP contribution in [0.5, 0.6) is 0 Å². The average molecular weight is 484 g/mol. The van der Waals surface area contributed by atoms with Crippen molar-refractivity contribution in [1.29, 1.82) is 0 Å². The van der Waals surface area contributed by atoms with E-state index < -0.39 is 21.6 Å². The number of sulfonamides is 1. The fourth-order valence-electron chi connectivity index (χ4n) is 4.50. The molecule has 0 bridgehead atoms.